The highest BCUT2D eigenvalue weighted by molar-refractivity contribution is 7.10. The number of amides is 2. The van der Waals surface area contributed by atoms with Crippen LogP contribution in [0.4, 0.5) is 0 Å². The van der Waals surface area contributed by atoms with Crippen LogP contribution < -0.4 is 5.49 Å². The van der Waals surface area contributed by atoms with Gasteiger partial charge in [0.15, 0.2) is 0 Å². The molecule has 0 N–H and O–H groups in total. The standard InChI is InChI=1S/C23H23N3O2S/c27-22(9-10-23(28)26-14-11-20-19(17-26)12-15-29-20)24-21-8-4-5-13-25(21)16-18-6-2-1-3-7-18/h1-8,12-13,15H,9-11,14,16-17H2. The van der Waals surface area contributed by atoms with E-state index >= 15 is 0 Å². The lowest BCUT2D eigenvalue weighted by atomic mass is 10.1. The molecule has 0 radical (unpaired) electrons. The van der Waals surface area contributed by atoms with E-state index in [1.165, 1.54) is 10.4 Å². The van der Waals surface area contributed by atoms with Gasteiger partial charge in [0.1, 0.15) is 5.49 Å². The van der Waals surface area contributed by atoms with Gasteiger partial charge < -0.3 is 9.47 Å². The summed E-state index contributed by atoms with van der Waals surface area (Å²) in [5.74, 6) is -0.241. The van der Waals surface area contributed by atoms with Crippen LogP contribution >= 0.6 is 11.3 Å². The zero-order valence-electron chi connectivity index (χ0n) is 16.2. The summed E-state index contributed by atoms with van der Waals surface area (Å²) in [7, 11) is 0. The molecule has 0 aliphatic carbocycles. The molecule has 1 aliphatic heterocycles. The van der Waals surface area contributed by atoms with E-state index in [1.54, 1.807) is 11.3 Å². The van der Waals surface area contributed by atoms with E-state index in [0.29, 0.717) is 18.6 Å². The topological polar surface area (TPSA) is 54.7 Å². The molecule has 6 heteroatoms. The minimum Gasteiger partial charge on any atom is -0.338 e. The number of hydrogen-bond acceptors (Lipinski definition) is 3. The zero-order valence-corrected chi connectivity index (χ0v) is 17.0. The number of rotatable bonds is 5. The van der Waals surface area contributed by atoms with Crippen molar-refractivity contribution in [2.45, 2.75) is 32.4 Å². The van der Waals surface area contributed by atoms with Gasteiger partial charge in [0, 0.05) is 43.5 Å². The third kappa shape index (κ3) is 4.90. The predicted octanol–water partition coefficient (Wildman–Crippen LogP) is 3.39. The van der Waals surface area contributed by atoms with Gasteiger partial charge in [-0.2, -0.15) is 4.99 Å². The van der Waals surface area contributed by atoms with Gasteiger partial charge >= 0.3 is 0 Å². The molecule has 4 rings (SSSR count). The highest BCUT2D eigenvalue weighted by Gasteiger charge is 2.21. The first kappa shape index (κ1) is 19.3. The van der Waals surface area contributed by atoms with E-state index in [1.807, 2.05) is 64.2 Å². The summed E-state index contributed by atoms with van der Waals surface area (Å²) in [5, 5.41) is 2.08. The van der Waals surface area contributed by atoms with E-state index in [9.17, 15) is 9.59 Å². The Bertz CT molecular complexity index is 1070. The summed E-state index contributed by atoms with van der Waals surface area (Å²) in [6.07, 6.45) is 3.15. The van der Waals surface area contributed by atoms with Crippen LogP contribution in [0.15, 0.2) is 71.2 Å². The van der Waals surface area contributed by atoms with E-state index in [2.05, 4.69) is 16.4 Å². The first-order valence-electron chi connectivity index (χ1n) is 9.79. The van der Waals surface area contributed by atoms with Crippen molar-refractivity contribution in [3.8, 4) is 0 Å². The van der Waals surface area contributed by atoms with Crippen molar-refractivity contribution < 1.29 is 9.59 Å². The number of pyridine rings is 1. The molecule has 3 heterocycles. The Balaban J connectivity index is 1.38. The van der Waals surface area contributed by atoms with E-state index in [-0.39, 0.29) is 24.7 Å². The number of benzene rings is 1. The Kier molecular flexibility index (Phi) is 6.00. The van der Waals surface area contributed by atoms with Crippen molar-refractivity contribution in [3.63, 3.8) is 0 Å². The van der Waals surface area contributed by atoms with Gasteiger partial charge in [-0.3, -0.25) is 9.59 Å². The summed E-state index contributed by atoms with van der Waals surface area (Å²) in [5.41, 5.74) is 2.98. The Labute approximate surface area is 174 Å². The fourth-order valence-electron chi connectivity index (χ4n) is 3.50. The van der Waals surface area contributed by atoms with Crippen LogP contribution in [0.1, 0.15) is 28.8 Å². The fraction of sp³-hybridized carbons (Fsp3) is 0.261. The maximum atomic E-state index is 12.5. The van der Waals surface area contributed by atoms with Gasteiger partial charge in [-0.15, -0.1) is 11.3 Å². The minimum absolute atomic E-state index is 0.0237. The first-order valence-corrected chi connectivity index (χ1v) is 10.7. The van der Waals surface area contributed by atoms with Crippen molar-refractivity contribution in [2.75, 3.05) is 6.54 Å². The third-order valence-electron chi connectivity index (χ3n) is 5.06. The monoisotopic (exact) mass is 405 g/mol. The highest BCUT2D eigenvalue weighted by atomic mass is 32.1. The largest absolute Gasteiger partial charge is 0.338 e. The molecular weight excluding hydrogens is 382 g/mol. The van der Waals surface area contributed by atoms with E-state index in [0.717, 1.165) is 18.5 Å². The highest BCUT2D eigenvalue weighted by Crippen LogP contribution is 2.24. The van der Waals surface area contributed by atoms with E-state index in [4.69, 9.17) is 0 Å². The summed E-state index contributed by atoms with van der Waals surface area (Å²) in [4.78, 5) is 32.4. The normalized spacial score (nSPS) is 13.9. The average Bonchev–Trinajstić information content (AvgIpc) is 3.22. The predicted molar refractivity (Wildman–Crippen MR) is 113 cm³/mol. The number of thiophene rings is 1. The van der Waals surface area contributed by atoms with Crippen molar-refractivity contribution in [1.82, 2.24) is 9.47 Å². The zero-order chi connectivity index (χ0) is 20.1. The molecule has 2 aromatic heterocycles. The Morgan fingerprint density at radius 2 is 1.83 bits per heavy atom. The van der Waals surface area contributed by atoms with Crippen LogP contribution in [0.25, 0.3) is 0 Å². The molecular formula is C23H23N3O2S. The minimum atomic E-state index is -0.264. The number of carbonyl (C=O) groups is 2. The molecule has 29 heavy (non-hydrogen) atoms. The van der Waals surface area contributed by atoms with Crippen molar-refractivity contribution >= 4 is 23.2 Å². The second-order valence-corrected chi connectivity index (χ2v) is 8.11. The molecule has 0 bridgehead atoms. The van der Waals surface area contributed by atoms with Crippen molar-refractivity contribution in [1.29, 1.82) is 0 Å². The molecule has 0 saturated heterocycles. The summed E-state index contributed by atoms with van der Waals surface area (Å²) in [6, 6.07) is 17.7. The Hall–Kier alpha value is -2.99. The Morgan fingerprint density at radius 3 is 2.69 bits per heavy atom. The van der Waals surface area contributed by atoms with Crippen LogP contribution in [0.3, 0.4) is 0 Å². The molecule has 3 aromatic rings. The smallest absolute Gasteiger partial charge is 0.248 e. The number of aromatic nitrogens is 1. The van der Waals surface area contributed by atoms with Gasteiger partial charge in [0.25, 0.3) is 0 Å². The van der Waals surface area contributed by atoms with Crippen LogP contribution in [0.2, 0.25) is 0 Å². The number of nitrogens with zero attached hydrogens (tertiary/aromatic N) is 3. The Morgan fingerprint density at radius 1 is 1.00 bits per heavy atom. The molecule has 0 atom stereocenters. The molecule has 0 saturated carbocycles. The number of carbonyl (C=O) groups excluding carboxylic acids is 2. The SMILES string of the molecule is O=C(CCC(=O)N1CCc2sccc2C1)N=c1ccccn1Cc1ccccc1. The summed E-state index contributed by atoms with van der Waals surface area (Å²) < 4.78 is 1.94. The summed E-state index contributed by atoms with van der Waals surface area (Å²) >= 11 is 1.75. The maximum absolute atomic E-state index is 12.5. The van der Waals surface area contributed by atoms with Gasteiger partial charge in [0.2, 0.25) is 11.8 Å². The number of hydrogen-bond donors (Lipinski definition) is 0. The van der Waals surface area contributed by atoms with Crippen molar-refractivity contribution in [3.05, 3.63) is 87.7 Å². The molecule has 2 amide bonds. The second-order valence-electron chi connectivity index (χ2n) is 7.11. The fourth-order valence-corrected chi connectivity index (χ4v) is 4.39. The summed E-state index contributed by atoms with van der Waals surface area (Å²) in [6.45, 7) is 2.02. The quantitative estimate of drug-likeness (QED) is 0.653. The molecule has 0 fully saturated rings. The molecule has 1 aromatic carbocycles. The molecule has 0 unspecified atom stereocenters. The van der Waals surface area contributed by atoms with Crippen LogP contribution in [0.5, 0.6) is 0 Å². The van der Waals surface area contributed by atoms with Crippen LogP contribution in [-0.4, -0.2) is 27.8 Å². The van der Waals surface area contributed by atoms with Gasteiger partial charge in [-0.1, -0.05) is 36.4 Å². The maximum Gasteiger partial charge on any atom is 0.248 e. The van der Waals surface area contributed by atoms with Gasteiger partial charge in [-0.25, -0.2) is 0 Å². The van der Waals surface area contributed by atoms with Crippen LogP contribution in [-0.2, 0) is 29.1 Å². The van der Waals surface area contributed by atoms with Gasteiger partial charge in [0.05, 0.1) is 0 Å². The third-order valence-corrected chi connectivity index (χ3v) is 6.09. The molecule has 0 spiro atoms. The first-order chi connectivity index (χ1) is 14.2. The van der Waals surface area contributed by atoms with E-state index < -0.39 is 0 Å². The molecule has 148 valence electrons. The lowest BCUT2D eigenvalue weighted by Crippen LogP contribution is -2.35. The van der Waals surface area contributed by atoms with Crippen molar-refractivity contribution in [2.24, 2.45) is 4.99 Å². The lowest BCUT2D eigenvalue weighted by Gasteiger charge is -2.26. The molecule has 5 nitrogen and oxygen atoms in total. The second kappa shape index (κ2) is 9.01. The van der Waals surface area contributed by atoms with Gasteiger partial charge in [-0.05, 0) is 41.1 Å². The number of fused-ring (bicyclic) bond motifs is 1. The molecule has 1 aliphatic rings. The van der Waals surface area contributed by atoms with Crippen LogP contribution in [0, 0.1) is 0 Å². The lowest BCUT2D eigenvalue weighted by molar-refractivity contribution is -0.133. The average molecular weight is 406 g/mol.